The number of rotatable bonds is 5. The summed E-state index contributed by atoms with van der Waals surface area (Å²) in [7, 11) is 0. The first-order valence-electron chi connectivity index (χ1n) is 7.42. The van der Waals surface area contributed by atoms with Crippen LogP contribution in [0.25, 0.3) is 0 Å². The van der Waals surface area contributed by atoms with E-state index in [1.807, 2.05) is 24.3 Å². The second-order valence-electron chi connectivity index (χ2n) is 5.40. The molecule has 1 aliphatic carbocycles. The van der Waals surface area contributed by atoms with Gasteiger partial charge >= 0.3 is 0 Å². The molecular formula is C15H15N3O4S. The smallest absolute Gasteiger partial charge is 0.277 e. The van der Waals surface area contributed by atoms with Gasteiger partial charge < -0.3 is 19.2 Å². The van der Waals surface area contributed by atoms with Crippen molar-refractivity contribution in [2.24, 2.45) is 0 Å². The quantitative estimate of drug-likeness (QED) is 0.837. The summed E-state index contributed by atoms with van der Waals surface area (Å²) >= 11 is 1.22. The highest BCUT2D eigenvalue weighted by atomic mass is 32.2. The molecule has 0 spiro atoms. The van der Waals surface area contributed by atoms with Crippen LogP contribution in [0, 0.1) is 0 Å². The minimum atomic E-state index is -0.438. The highest BCUT2D eigenvalue weighted by Crippen LogP contribution is 2.35. The van der Waals surface area contributed by atoms with Gasteiger partial charge in [0.1, 0.15) is 6.61 Å². The zero-order chi connectivity index (χ0) is 15.6. The Morgan fingerprint density at radius 3 is 2.91 bits per heavy atom. The molecule has 7 nitrogen and oxygen atoms in total. The fraction of sp³-hybridized carbons (Fsp3) is 0.400. The van der Waals surface area contributed by atoms with E-state index < -0.39 is 6.10 Å². The number of hydrogen-bond acceptors (Lipinski definition) is 7. The SMILES string of the molecule is O=C(CSc1nnc([C@@H]2COc3ccccc3O2)o1)NC1CC1. The van der Waals surface area contributed by atoms with Crippen molar-refractivity contribution in [3.05, 3.63) is 30.2 Å². The molecule has 1 aliphatic heterocycles. The third-order valence-corrected chi connectivity index (χ3v) is 4.29. The Hall–Kier alpha value is -2.22. The second kappa shape index (κ2) is 6.11. The van der Waals surface area contributed by atoms with Crippen molar-refractivity contribution in [2.75, 3.05) is 12.4 Å². The van der Waals surface area contributed by atoms with Crippen molar-refractivity contribution >= 4 is 17.7 Å². The molecule has 1 N–H and O–H groups in total. The standard InChI is InChI=1S/C15H15N3O4S/c19-13(16-9-5-6-9)8-23-15-18-17-14(22-15)12-7-20-10-3-1-2-4-11(10)21-12/h1-4,9,12H,5-8H2,(H,16,19)/t12-/m0/s1. The molecule has 4 rings (SSSR count). The first-order valence-corrected chi connectivity index (χ1v) is 8.40. The van der Waals surface area contributed by atoms with Crippen LogP contribution in [0.2, 0.25) is 0 Å². The predicted molar refractivity (Wildman–Crippen MR) is 81.5 cm³/mol. The number of amides is 1. The molecule has 0 saturated heterocycles. The molecule has 1 aromatic carbocycles. The van der Waals surface area contributed by atoms with Crippen LogP contribution in [0.3, 0.4) is 0 Å². The number of nitrogens with zero attached hydrogens (tertiary/aromatic N) is 2. The van der Waals surface area contributed by atoms with E-state index in [9.17, 15) is 4.79 Å². The third kappa shape index (κ3) is 3.42. The number of carbonyl (C=O) groups excluding carboxylic acids is 1. The highest BCUT2D eigenvalue weighted by molar-refractivity contribution is 7.99. The molecule has 0 radical (unpaired) electrons. The summed E-state index contributed by atoms with van der Waals surface area (Å²) in [6.45, 7) is 0.311. The van der Waals surface area contributed by atoms with Crippen molar-refractivity contribution in [1.82, 2.24) is 15.5 Å². The van der Waals surface area contributed by atoms with E-state index in [1.54, 1.807) is 0 Å². The molecule has 1 atom stereocenters. The van der Waals surface area contributed by atoms with Crippen molar-refractivity contribution in [1.29, 1.82) is 0 Å². The van der Waals surface area contributed by atoms with Gasteiger partial charge in [0, 0.05) is 6.04 Å². The topological polar surface area (TPSA) is 86.5 Å². The zero-order valence-electron chi connectivity index (χ0n) is 12.2. The minimum absolute atomic E-state index is 0.0107. The summed E-state index contributed by atoms with van der Waals surface area (Å²) in [5, 5.41) is 11.2. The van der Waals surface area contributed by atoms with Crippen LogP contribution in [0.1, 0.15) is 24.8 Å². The van der Waals surface area contributed by atoms with Crippen LogP contribution in [0.5, 0.6) is 11.5 Å². The van der Waals surface area contributed by atoms with Gasteiger partial charge in [0.25, 0.3) is 11.1 Å². The molecule has 120 valence electrons. The minimum Gasteiger partial charge on any atom is -0.485 e. The lowest BCUT2D eigenvalue weighted by atomic mass is 10.2. The summed E-state index contributed by atoms with van der Waals surface area (Å²) in [4.78, 5) is 11.6. The Balaban J connectivity index is 1.35. The molecule has 8 heteroatoms. The first kappa shape index (κ1) is 14.4. The normalized spacial score (nSPS) is 19.4. The van der Waals surface area contributed by atoms with E-state index in [0.29, 0.717) is 35.3 Å². The number of para-hydroxylation sites is 2. The molecule has 23 heavy (non-hydrogen) atoms. The fourth-order valence-corrected chi connectivity index (χ4v) is 2.76. The largest absolute Gasteiger partial charge is 0.485 e. The lowest BCUT2D eigenvalue weighted by molar-refractivity contribution is -0.118. The molecule has 1 saturated carbocycles. The summed E-state index contributed by atoms with van der Waals surface area (Å²) in [6.07, 6.45) is 1.70. The third-order valence-electron chi connectivity index (χ3n) is 3.48. The molecule has 2 aromatic rings. The van der Waals surface area contributed by atoms with E-state index in [1.165, 1.54) is 11.8 Å². The van der Waals surface area contributed by atoms with E-state index in [-0.39, 0.29) is 11.7 Å². The van der Waals surface area contributed by atoms with Gasteiger partial charge in [-0.1, -0.05) is 23.9 Å². The average molecular weight is 333 g/mol. The monoisotopic (exact) mass is 333 g/mol. The Bertz CT molecular complexity index is 716. The second-order valence-corrected chi connectivity index (χ2v) is 6.33. The summed E-state index contributed by atoms with van der Waals surface area (Å²) in [6, 6.07) is 7.79. The highest BCUT2D eigenvalue weighted by Gasteiger charge is 2.28. The fourth-order valence-electron chi connectivity index (χ4n) is 2.17. The van der Waals surface area contributed by atoms with E-state index in [2.05, 4.69) is 15.5 Å². The van der Waals surface area contributed by atoms with Crippen molar-refractivity contribution < 1.29 is 18.7 Å². The predicted octanol–water partition coefficient (Wildman–Crippen LogP) is 1.95. The number of ether oxygens (including phenoxy) is 2. The van der Waals surface area contributed by atoms with Crippen molar-refractivity contribution in [3.63, 3.8) is 0 Å². The zero-order valence-corrected chi connectivity index (χ0v) is 13.0. The molecule has 1 amide bonds. The molecule has 0 unspecified atom stereocenters. The van der Waals surface area contributed by atoms with Gasteiger partial charge in [0.15, 0.2) is 11.5 Å². The molecule has 2 aliphatic rings. The van der Waals surface area contributed by atoms with Crippen molar-refractivity contribution in [3.8, 4) is 11.5 Å². The molecular weight excluding hydrogens is 318 g/mol. The Morgan fingerprint density at radius 2 is 2.09 bits per heavy atom. The van der Waals surface area contributed by atoms with Crippen LogP contribution < -0.4 is 14.8 Å². The lowest BCUT2D eigenvalue weighted by Gasteiger charge is -2.23. The van der Waals surface area contributed by atoms with Gasteiger partial charge in [0.2, 0.25) is 12.0 Å². The van der Waals surface area contributed by atoms with Gasteiger partial charge in [-0.15, -0.1) is 10.2 Å². The Morgan fingerprint density at radius 1 is 1.26 bits per heavy atom. The number of benzene rings is 1. The Labute approximate surface area is 136 Å². The molecule has 1 aromatic heterocycles. The van der Waals surface area contributed by atoms with E-state index in [0.717, 1.165) is 12.8 Å². The van der Waals surface area contributed by atoms with Crippen LogP contribution in [-0.4, -0.2) is 34.5 Å². The van der Waals surface area contributed by atoms with Crippen LogP contribution in [0.4, 0.5) is 0 Å². The molecule has 0 bridgehead atoms. The number of thioether (sulfide) groups is 1. The summed E-state index contributed by atoms with van der Waals surface area (Å²) in [5.74, 6) is 1.96. The summed E-state index contributed by atoms with van der Waals surface area (Å²) < 4.78 is 17.0. The number of carbonyl (C=O) groups is 1. The van der Waals surface area contributed by atoms with Crippen LogP contribution in [-0.2, 0) is 4.79 Å². The van der Waals surface area contributed by atoms with Crippen LogP contribution in [0.15, 0.2) is 33.9 Å². The van der Waals surface area contributed by atoms with Gasteiger partial charge in [-0.3, -0.25) is 4.79 Å². The maximum absolute atomic E-state index is 11.6. The maximum atomic E-state index is 11.6. The summed E-state index contributed by atoms with van der Waals surface area (Å²) in [5.41, 5.74) is 0. The maximum Gasteiger partial charge on any atom is 0.277 e. The number of hydrogen-bond donors (Lipinski definition) is 1. The number of fused-ring (bicyclic) bond motifs is 1. The van der Waals surface area contributed by atoms with E-state index >= 15 is 0 Å². The Kier molecular flexibility index (Phi) is 3.82. The lowest BCUT2D eigenvalue weighted by Crippen LogP contribution is -2.26. The first-order chi connectivity index (χ1) is 11.3. The van der Waals surface area contributed by atoms with Crippen molar-refractivity contribution in [2.45, 2.75) is 30.2 Å². The number of aromatic nitrogens is 2. The van der Waals surface area contributed by atoms with Gasteiger partial charge in [-0.25, -0.2) is 0 Å². The number of nitrogens with one attached hydrogen (secondary N) is 1. The van der Waals surface area contributed by atoms with Gasteiger partial charge in [-0.2, -0.15) is 0 Å². The van der Waals surface area contributed by atoms with Gasteiger partial charge in [0.05, 0.1) is 5.75 Å². The van der Waals surface area contributed by atoms with E-state index in [4.69, 9.17) is 13.9 Å². The molecule has 1 fully saturated rings. The van der Waals surface area contributed by atoms with Gasteiger partial charge in [-0.05, 0) is 25.0 Å². The average Bonchev–Trinajstić information content (AvgIpc) is 3.26. The van der Waals surface area contributed by atoms with Crippen LogP contribution >= 0.6 is 11.8 Å². The molecule has 2 heterocycles.